The Kier molecular flexibility index (Phi) is 7.08. The molecule has 1 heterocycles. The fraction of sp³-hybridized carbons (Fsp3) is 0.462. The summed E-state index contributed by atoms with van der Waals surface area (Å²) in [5.74, 6) is -1.42. The summed E-state index contributed by atoms with van der Waals surface area (Å²) in [7, 11) is 0. The first-order valence-corrected chi connectivity index (χ1v) is 7.00. The highest BCUT2D eigenvalue weighted by Crippen LogP contribution is 2.24. The number of nitrogens with zero attached hydrogens (tertiary/aromatic N) is 1. The van der Waals surface area contributed by atoms with Gasteiger partial charge in [-0.3, -0.25) is 9.59 Å². The third-order valence-corrected chi connectivity index (χ3v) is 2.69. The molecule has 2 amide bonds. The first-order chi connectivity index (χ1) is 10.7. The van der Waals surface area contributed by atoms with Crippen molar-refractivity contribution in [1.82, 2.24) is 15.6 Å². The van der Waals surface area contributed by atoms with Crippen LogP contribution >= 0.6 is 11.6 Å². The molecule has 0 spiro atoms. The molecule has 10 heteroatoms. The Morgan fingerprint density at radius 2 is 2.04 bits per heavy atom. The van der Waals surface area contributed by atoms with Gasteiger partial charge in [0.15, 0.2) is 6.61 Å². The van der Waals surface area contributed by atoms with E-state index in [4.69, 9.17) is 11.6 Å². The molecule has 0 fully saturated rings. The second kappa shape index (κ2) is 8.56. The van der Waals surface area contributed by atoms with Gasteiger partial charge in [-0.25, -0.2) is 4.98 Å². The van der Waals surface area contributed by atoms with E-state index >= 15 is 0 Å². The van der Waals surface area contributed by atoms with E-state index in [1.807, 2.05) is 6.92 Å². The quantitative estimate of drug-likeness (QED) is 0.785. The highest BCUT2D eigenvalue weighted by molar-refractivity contribution is 6.32. The Balaban J connectivity index is 2.59. The molecule has 0 saturated heterocycles. The van der Waals surface area contributed by atoms with Crippen molar-refractivity contribution >= 4 is 23.4 Å². The van der Waals surface area contributed by atoms with Crippen LogP contribution in [0.25, 0.3) is 0 Å². The van der Waals surface area contributed by atoms with Gasteiger partial charge in [0, 0.05) is 12.7 Å². The molecule has 128 valence electrons. The summed E-state index contributed by atoms with van der Waals surface area (Å²) >= 11 is 5.72. The zero-order valence-corrected chi connectivity index (χ0v) is 12.9. The number of pyridine rings is 1. The maximum atomic E-state index is 12.0. The van der Waals surface area contributed by atoms with Gasteiger partial charge in [-0.2, -0.15) is 13.2 Å². The van der Waals surface area contributed by atoms with Gasteiger partial charge in [0.2, 0.25) is 11.8 Å². The standard InChI is InChI=1S/C13H15ClF3N3O3/c1-2-3-18-10(21)6-19-11(22)8-4-9(14)12(20-5-8)23-7-13(15,16)17/h4-5H,2-3,6-7H2,1H3,(H,18,21)(H,19,22). The average molecular weight is 354 g/mol. The van der Waals surface area contributed by atoms with E-state index in [-0.39, 0.29) is 23.0 Å². The Morgan fingerprint density at radius 1 is 1.35 bits per heavy atom. The lowest BCUT2D eigenvalue weighted by molar-refractivity contribution is -0.154. The molecule has 0 aromatic carbocycles. The number of ether oxygens (including phenoxy) is 1. The lowest BCUT2D eigenvalue weighted by Gasteiger charge is -2.10. The maximum absolute atomic E-state index is 12.0. The maximum Gasteiger partial charge on any atom is 0.422 e. The molecule has 0 bridgehead atoms. The molecule has 0 atom stereocenters. The minimum absolute atomic E-state index is 0.00218. The van der Waals surface area contributed by atoms with Crippen LogP contribution in [0.3, 0.4) is 0 Å². The Bertz CT molecular complexity index is 567. The molecule has 0 aliphatic heterocycles. The first-order valence-electron chi connectivity index (χ1n) is 6.63. The lowest BCUT2D eigenvalue weighted by atomic mass is 10.2. The van der Waals surface area contributed by atoms with Crippen LogP contribution in [0.2, 0.25) is 5.02 Å². The van der Waals surface area contributed by atoms with Crippen LogP contribution in [0.5, 0.6) is 5.88 Å². The number of hydrogen-bond donors (Lipinski definition) is 2. The minimum Gasteiger partial charge on any atom is -0.467 e. The van der Waals surface area contributed by atoms with E-state index in [9.17, 15) is 22.8 Å². The van der Waals surface area contributed by atoms with Gasteiger partial charge in [-0.1, -0.05) is 18.5 Å². The van der Waals surface area contributed by atoms with Gasteiger partial charge in [-0.05, 0) is 12.5 Å². The number of carbonyl (C=O) groups is 2. The summed E-state index contributed by atoms with van der Waals surface area (Å²) < 4.78 is 40.6. The van der Waals surface area contributed by atoms with Gasteiger partial charge < -0.3 is 15.4 Å². The van der Waals surface area contributed by atoms with Crippen molar-refractivity contribution in [2.75, 3.05) is 19.7 Å². The Labute approximate surface area is 135 Å². The van der Waals surface area contributed by atoms with Crippen molar-refractivity contribution in [3.63, 3.8) is 0 Å². The molecule has 0 aliphatic carbocycles. The van der Waals surface area contributed by atoms with Crippen LogP contribution in [0.1, 0.15) is 23.7 Å². The van der Waals surface area contributed by atoms with Crippen molar-refractivity contribution in [3.05, 3.63) is 22.8 Å². The Morgan fingerprint density at radius 3 is 2.61 bits per heavy atom. The second-order valence-electron chi connectivity index (χ2n) is 4.45. The molecule has 2 N–H and O–H groups in total. The summed E-state index contributed by atoms with van der Waals surface area (Å²) in [6.45, 7) is 0.605. The van der Waals surface area contributed by atoms with E-state index in [0.29, 0.717) is 6.54 Å². The van der Waals surface area contributed by atoms with E-state index in [2.05, 4.69) is 20.4 Å². The zero-order chi connectivity index (χ0) is 17.5. The van der Waals surface area contributed by atoms with Crippen LogP contribution in [0.4, 0.5) is 13.2 Å². The number of nitrogens with one attached hydrogen (secondary N) is 2. The molecular weight excluding hydrogens is 339 g/mol. The van der Waals surface area contributed by atoms with E-state index in [1.54, 1.807) is 0 Å². The molecule has 0 unspecified atom stereocenters. The number of amides is 2. The minimum atomic E-state index is -4.52. The molecule has 23 heavy (non-hydrogen) atoms. The fourth-order valence-corrected chi connectivity index (χ4v) is 1.62. The van der Waals surface area contributed by atoms with E-state index in [0.717, 1.165) is 18.7 Å². The molecule has 0 aliphatic rings. The van der Waals surface area contributed by atoms with E-state index < -0.39 is 24.6 Å². The second-order valence-corrected chi connectivity index (χ2v) is 4.85. The number of halogens is 4. The molecule has 6 nitrogen and oxygen atoms in total. The van der Waals surface area contributed by atoms with Gasteiger partial charge in [0.05, 0.1) is 12.1 Å². The predicted octanol–water partition coefficient (Wildman–Crippen LogP) is 1.93. The number of aromatic nitrogens is 1. The van der Waals surface area contributed by atoms with Crippen molar-refractivity contribution in [2.24, 2.45) is 0 Å². The number of carbonyl (C=O) groups excluding carboxylic acids is 2. The summed E-state index contributed by atoms with van der Waals surface area (Å²) in [5.41, 5.74) is -0.00218. The number of alkyl halides is 3. The van der Waals surface area contributed by atoms with Gasteiger partial charge in [-0.15, -0.1) is 0 Å². The number of rotatable bonds is 7. The molecule has 1 aromatic heterocycles. The zero-order valence-electron chi connectivity index (χ0n) is 12.2. The van der Waals surface area contributed by atoms with Crippen LogP contribution in [0, 0.1) is 0 Å². The van der Waals surface area contributed by atoms with Crippen LogP contribution in [0.15, 0.2) is 12.3 Å². The number of hydrogen-bond acceptors (Lipinski definition) is 4. The SMILES string of the molecule is CCCNC(=O)CNC(=O)c1cnc(OCC(F)(F)F)c(Cl)c1. The average Bonchev–Trinajstić information content (AvgIpc) is 2.48. The largest absolute Gasteiger partial charge is 0.467 e. The third kappa shape index (κ3) is 7.18. The predicted molar refractivity (Wildman–Crippen MR) is 76.4 cm³/mol. The van der Waals surface area contributed by atoms with Crippen molar-refractivity contribution in [1.29, 1.82) is 0 Å². The van der Waals surface area contributed by atoms with Crippen LogP contribution < -0.4 is 15.4 Å². The molecule has 1 aromatic rings. The first kappa shape index (κ1) is 19.0. The Hall–Kier alpha value is -2.03. The van der Waals surface area contributed by atoms with Crippen molar-refractivity contribution in [2.45, 2.75) is 19.5 Å². The topological polar surface area (TPSA) is 80.3 Å². The monoisotopic (exact) mass is 353 g/mol. The molecular formula is C13H15ClF3N3O3. The summed E-state index contributed by atoms with van der Waals surface area (Å²) in [6.07, 6.45) is -2.75. The lowest BCUT2D eigenvalue weighted by Crippen LogP contribution is -2.37. The van der Waals surface area contributed by atoms with Crippen molar-refractivity contribution < 1.29 is 27.5 Å². The fourth-order valence-electron chi connectivity index (χ4n) is 1.40. The van der Waals surface area contributed by atoms with Gasteiger partial charge in [0.25, 0.3) is 5.91 Å². The summed E-state index contributed by atoms with van der Waals surface area (Å²) in [5, 5.41) is 4.67. The van der Waals surface area contributed by atoms with Crippen molar-refractivity contribution in [3.8, 4) is 5.88 Å². The normalized spacial score (nSPS) is 11.0. The highest BCUT2D eigenvalue weighted by Gasteiger charge is 2.29. The van der Waals surface area contributed by atoms with E-state index in [1.165, 1.54) is 0 Å². The van der Waals surface area contributed by atoms with Gasteiger partial charge in [0.1, 0.15) is 5.02 Å². The smallest absolute Gasteiger partial charge is 0.422 e. The third-order valence-electron chi connectivity index (χ3n) is 2.42. The molecule has 1 rings (SSSR count). The summed E-state index contributed by atoms with van der Waals surface area (Å²) in [6, 6.07) is 1.11. The molecule has 0 saturated carbocycles. The van der Waals surface area contributed by atoms with Gasteiger partial charge >= 0.3 is 6.18 Å². The highest BCUT2D eigenvalue weighted by atomic mass is 35.5. The molecule has 0 radical (unpaired) electrons. The van der Waals surface area contributed by atoms with Crippen LogP contribution in [-0.2, 0) is 4.79 Å². The van der Waals surface area contributed by atoms with Crippen LogP contribution in [-0.4, -0.2) is 42.7 Å². The summed E-state index contributed by atoms with van der Waals surface area (Å²) in [4.78, 5) is 26.7.